The first-order valence-electron chi connectivity index (χ1n) is 8.57. The second-order valence-electron chi connectivity index (χ2n) is 6.24. The molecule has 5 nitrogen and oxygen atoms in total. The second-order valence-corrected chi connectivity index (χ2v) is 6.67. The maximum atomic E-state index is 5.90. The normalized spacial score (nSPS) is 12.1. The number of halogens is 1. The van der Waals surface area contributed by atoms with Gasteiger partial charge in [-0.2, -0.15) is 4.98 Å². The Labute approximate surface area is 158 Å². The molecule has 0 amide bonds. The molecule has 1 N–H and O–H groups in total. The lowest BCUT2D eigenvalue weighted by molar-refractivity contribution is 0.306. The number of nitrogens with zero attached hydrogens (tertiary/aromatic N) is 2. The molecule has 1 heterocycles. The SMILES string of the molecule is CNC(C)Cc1noc(Cc2cccc(OCc3ccc(Cl)cc3)c2)n1. The van der Waals surface area contributed by atoms with E-state index in [4.69, 9.17) is 20.9 Å². The minimum absolute atomic E-state index is 0.310. The van der Waals surface area contributed by atoms with E-state index in [0.29, 0.717) is 25.0 Å². The van der Waals surface area contributed by atoms with Gasteiger partial charge in [0.15, 0.2) is 5.82 Å². The highest BCUT2D eigenvalue weighted by atomic mass is 35.5. The lowest BCUT2D eigenvalue weighted by Gasteiger charge is -2.07. The molecule has 0 saturated heterocycles. The predicted molar refractivity (Wildman–Crippen MR) is 102 cm³/mol. The van der Waals surface area contributed by atoms with Crippen LogP contribution in [0.5, 0.6) is 5.75 Å². The van der Waals surface area contributed by atoms with Gasteiger partial charge < -0.3 is 14.6 Å². The van der Waals surface area contributed by atoms with Crippen LogP contribution in [0.2, 0.25) is 5.02 Å². The summed E-state index contributed by atoms with van der Waals surface area (Å²) in [6.07, 6.45) is 1.32. The Balaban J connectivity index is 1.59. The molecule has 26 heavy (non-hydrogen) atoms. The van der Waals surface area contributed by atoms with Gasteiger partial charge in [-0.15, -0.1) is 0 Å². The zero-order valence-corrected chi connectivity index (χ0v) is 15.7. The number of ether oxygens (including phenoxy) is 1. The number of aromatic nitrogens is 2. The molecule has 3 aromatic rings. The Bertz CT molecular complexity index is 833. The minimum Gasteiger partial charge on any atom is -0.489 e. The van der Waals surface area contributed by atoms with Gasteiger partial charge in [0.2, 0.25) is 5.89 Å². The van der Waals surface area contributed by atoms with Crippen molar-refractivity contribution < 1.29 is 9.26 Å². The van der Waals surface area contributed by atoms with Crippen molar-refractivity contribution in [3.63, 3.8) is 0 Å². The summed E-state index contributed by atoms with van der Waals surface area (Å²) in [4.78, 5) is 4.45. The standard InChI is InChI=1S/C20H22ClN3O2/c1-14(22-2)10-19-23-20(26-24-19)12-16-4-3-5-18(11-16)25-13-15-6-8-17(21)9-7-15/h3-9,11,14,22H,10,12-13H2,1-2H3. The third-order valence-corrected chi connectivity index (χ3v) is 4.32. The molecule has 1 unspecified atom stereocenters. The molecule has 0 bridgehead atoms. The van der Waals surface area contributed by atoms with Gasteiger partial charge in [-0.1, -0.05) is 41.0 Å². The molecule has 6 heteroatoms. The number of hydrogen-bond acceptors (Lipinski definition) is 5. The molecule has 0 aliphatic carbocycles. The van der Waals surface area contributed by atoms with Crippen LogP contribution in [0.3, 0.4) is 0 Å². The van der Waals surface area contributed by atoms with E-state index in [2.05, 4.69) is 22.4 Å². The van der Waals surface area contributed by atoms with Crippen LogP contribution < -0.4 is 10.1 Å². The van der Waals surface area contributed by atoms with Gasteiger partial charge in [-0.25, -0.2) is 0 Å². The van der Waals surface area contributed by atoms with Crippen molar-refractivity contribution in [3.05, 3.63) is 76.4 Å². The van der Waals surface area contributed by atoms with Crippen LogP contribution in [0.15, 0.2) is 53.1 Å². The van der Waals surface area contributed by atoms with Crippen molar-refractivity contribution >= 4 is 11.6 Å². The fourth-order valence-electron chi connectivity index (χ4n) is 2.49. The smallest absolute Gasteiger partial charge is 0.231 e. The Hall–Kier alpha value is -2.37. The summed E-state index contributed by atoms with van der Waals surface area (Å²) in [7, 11) is 1.92. The lowest BCUT2D eigenvalue weighted by Crippen LogP contribution is -2.24. The monoisotopic (exact) mass is 371 g/mol. The summed E-state index contributed by atoms with van der Waals surface area (Å²) in [5, 5.41) is 7.92. The molecule has 0 aliphatic heterocycles. The maximum Gasteiger partial charge on any atom is 0.231 e. The Morgan fingerprint density at radius 2 is 1.96 bits per heavy atom. The number of hydrogen-bond donors (Lipinski definition) is 1. The van der Waals surface area contributed by atoms with Crippen LogP contribution >= 0.6 is 11.6 Å². The summed E-state index contributed by atoms with van der Waals surface area (Å²) < 4.78 is 11.2. The van der Waals surface area contributed by atoms with Crippen LogP contribution in [0.1, 0.15) is 29.8 Å². The zero-order valence-electron chi connectivity index (χ0n) is 14.9. The molecule has 1 atom stereocenters. The number of rotatable bonds is 8. The van der Waals surface area contributed by atoms with Crippen LogP contribution in [0.4, 0.5) is 0 Å². The van der Waals surface area contributed by atoms with Crippen LogP contribution in [0, 0.1) is 0 Å². The summed E-state index contributed by atoms with van der Waals surface area (Å²) >= 11 is 5.90. The first kappa shape index (κ1) is 18.4. The predicted octanol–water partition coefficient (Wildman–Crippen LogP) is 4.04. The highest BCUT2D eigenvalue weighted by Crippen LogP contribution is 2.18. The molecule has 0 spiro atoms. The average molecular weight is 372 g/mol. The summed E-state index contributed by atoms with van der Waals surface area (Å²) in [5.41, 5.74) is 2.13. The summed E-state index contributed by atoms with van der Waals surface area (Å²) in [5.74, 6) is 2.14. The molecular formula is C20H22ClN3O2. The minimum atomic E-state index is 0.310. The van der Waals surface area contributed by atoms with Crippen LogP contribution in [-0.2, 0) is 19.4 Å². The van der Waals surface area contributed by atoms with E-state index in [0.717, 1.165) is 34.1 Å². The van der Waals surface area contributed by atoms with Gasteiger partial charge in [0.1, 0.15) is 12.4 Å². The van der Waals surface area contributed by atoms with Crippen molar-refractivity contribution in [3.8, 4) is 5.75 Å². The largest absolute Gasteiger partial charge is 0.489 e. The molecule has 0 aliphatic rings. The van der Waals surface area contributed by atoms with Gasteiger partial charge >= 0.3 is 0 Å². The lowest BCUT2D eigenvalue weighted by atomic mass is 10.1. The van der Waals surface area contributed by atoms with E-state index in [1.807, 2.05) is 55.6 Å². The van der Waals surface area contributed by atoms with E-state index in [-0.39, 0.29) is 0 Å². The van der Waals surface area contributed by atoms with E-state index in [1.165, 1.54) is 0 Å². The summed E-state index contributed by atoms with van der Waals surface area (Å²) in [6.45, 7) is 2.57. The van der Waals surface area contributed by atoms with Crippen LogP contribution in [0.25, 0.3) is 0 Å². The van der Waals surface area contributed by atoms with E-state index in [1.54, 1.807) is 0 Å². The maximum absolute atomic E-state index is 5.90. The third kappa shape index (κ3) is 5.31. The highest BCUT2D eigenvalue weighted by Gasteiger charge is 2.10. The van der Waals surface area contributed by atoms with Crippen molar-refractivity contribution in [2.45, 2.75) is 32.4 Å². The van der Waals surface area contributed by atoms with Crippen molar-refractivity contribution in [1.82, 2.24) is 15.5 Å². The molecule has 2 aromatic carbocycles. The quantitative estimate of drug-likeness (QED) is 0.647. The van der Waals surface area contributed by atoms with Gasteiger partial charge in [-0.05, 0) is 49.4 Å². The first-order valence-corrected chi connectivity index (χ1v) is 8.95. The van der Waals surface area contributed by atoms with Crippen LogP contribution in [-0.4, -0.2) is 23.2 Å². The molecular weight excluding hydrogens is 350 g/mol. The fraction of sp³-hybridized carbons (Fsp3) is 0.300. The molecule has 136 valence electrons. The molecule has 1 aromatic heterocycles. The number of nitrogens with one attached hydrogen (secondary N) is 1. The van der Waals surface area contributed by atoms with Gasteiger partial charge in [0, 0.05) is 17.5 Å². The zero-order chi connectivity index (χ0) is 18.4. The van der Waals surface area contributed by atoms with Gasteiger partial charge in [0.25, 0.3) is 0 Å². The van der Waals surface area contributed by atoms with E-state index < -0.39 is 0 Å². The average Bonchev–Trinajstić information content (AvgIpc) is 3.08. The fourth-order valence-corrected chi connectivity index (χ4v) is 2.61. The summed E-state index contributed by atoms with van der Waals surface area (Å²) in [6, 6.07) is 15.9. The first-order chi connectivity index (χ1) is 12.6. The molecule has 0 saturated carbocycles. The van der Waals surface area contributed by atoms with Gasteiger partial charge in [0.05, 0.1) is 6.42 Å². The highest BCUT2D eigenvalue weighted by molar-refractivity contribution is 6.30. The number of benzene rings is 2. The number of likely N-dealkylation sites (N-methyl/N-ethyl adjacent to an activating group) is 1. The van der Waals surface area contributed by atoms with Gasteiger partial charge in [-0.3, -0.25) is 0 Å². The van der Waals surface area contributed by atoms with Crippen molar-refractivity contribution in [1.29, 1.82) is 0 Å². The Morgan fingerprint density at radius 3 is 2.73 bits per heavy atom. The third-order valence-electron chi connectivity index (χ3n) is 4.06. The van der Waals surface area contributed by atoms with E-state index >= 15 is 0 Å². The Morgan fingerprint density at radius 1 is 1.15 bits per heavy atom. The van der Waals surface area contributed by atoms with Crippen molar-refractivity contribution in [2.75, 3.05) is 7.05 Å². The Kier molecular flexibility index (Phi) is 6.26. The second kappa shape index (κ2) is 8.83. The van der Waals surface area contributed by atoms with E-state index in [9.17, 15) is 0 Å². The molecule has 0 fully saturated rings. The molecule has 0 radical (unpaired) electrons. The molecule has 3 rings (SSSR count). The van der Waals surface area contributed by atoms with Crippen molar-refractivity contribution in [2.24, 2.45) is 0 Å². The topological polar surface area (TPSA) is 60.2 Å².